The monoisotopic (exact) mass is 245 g/mol. The van der Waals surface area contributed by atoms with Crippen LogP contribution in [0.25, 0.3) is 10.9 Å². The van der Waals surface area contributed by atoms with Crippen molar-refractivity contribution >= 4 is 16.6 Å². The van der Waals surface area contributed by atoms with E-state index >= 15 is 0 Å². The van der Waals surface area contributed by atoms with Crippen LogP contribution in [0.2, 0.25) is 0 Å². The molecule has 1 atom stereocenters. The summed E-state index contributed by atoms with van der Waals surface area (Å²) in [5, 5.41) is 4.20. The molecule has 1 aromatic heterocycles. The zero-order valence-electron chi connectivity index (χ0n) is 10.4. The van der Waals surface area contributed by atoms with Crippen LogP contribution in [0.15, 0.2) is 30.5 Å². The van der Waals surface area contributed by atoms with Gasteiger partial charge in [-0.15, -0.1) is 0 Å². The fraction of sp³-hybridized carbons (Fsp3) is 0.357. The number of pyridine rings is 1. The molecule has 2 aromatic rings. The van der Waals surface area contributed by atoms with Crippen molar-refractivity contribution in [2.75, 3.05) is 25.0 Å². The van der Waals surface area contributed by atoms with Gasteiger partial charge in [-0.2, -0.15) is 0 Å². The second kappa shape index (κ2) is 4.53. The number of rotatable bonds is 2. The van der Waals surface area contributed by atoms with Crippen LogP contribution in [0.1, 0.15) is 6.42 Å². The van der Waals surface area contributed by atoms with Gasteiger partial charge in [-0.25, -0.2) is 4.39 Å². The predicted molar refractivity (Wildman–Crippen MR) is 71.4 cm³/mol. The number of aromatic nitrogens is 1. The molecule has 1 fully saturated rings. The molecule has 0 aliphatic carbocycles. The molecule has 2 heterocycles. The van der Waals surface area contributed by atoms with Crippen LogP contribution in [0.4, 0.5) is 10.1 Å². The predicted octanol–water partition coefficient (Wildman–Crippen LogP) is 2.17. The summed E-state index contributed by atoms with van der Waals surface area (Å²) < 4.78 is 13.2. The van der Waals surface area contributed by atoms with E-state index in [0.717, 1.165) is 36.1 Å². The molecule has 1 aromatic carbocycles. The lowest BCUT2D eigenvalue weighted by molar-refractivity contribution is 0.629. The first kappa shape index (κ1) is 11.4. The fourth-order valence-electron chi connectivity index (χ4n) is 2.46. The van der Waals surface area contributed by atoms with E-state index in [1.54, 1.807) is 6.07 Å². The van der Waals surface area contributed by atoms with Crippen LogP contribution in [-0.2, 0) is 0 Å². The maximum absolute atomic E-state index is 13.2. The first-order valence-electron chi connectivity index (χ1n) is 6.23. The third kappa shape index (κ3) is 2.04. The van der Waals surface area contributed by atoms with Crippen LogP contribution in [0.3, 0.4) is 0 Å². The minimum Gasteiger partial charge on any atom is -0.369 e. The standard InChI is InChI=1S/C14H16FN3/c1-18(12-4-5-16-8-12)13-7-10-6-11(15)2-3-14(10)17-9-13/h2-3,6-7,9,12,16H,4-5,8H2,1H3/t12-/m0/s1. The lowest BCUT2D eigenvalue weighted by atomic mass is 10.1. The highest BCUT2D eigenvalue weighted by atomic mass is 19.1. The van der Waals surface area contributed by atoms with Crippen LogP contribution in [0, 0.1) is 5.82 Å². The minimum absolute atomic E-state index is 0.216. The lowest BCUT2D eigenvalue weighted by Crippen LogP contribution is -2.33. The maximum atomic E-state index is 13.2. The smallest absolute Gasteiger partial charge is 0.123 e. The molecule has 3 rings (SSSR count). The van der Waals surface area contributed by atoms with E-state index in [2.05, 4.69) is 22.2 Å². The average Bonchev–Trinajstić information content (AvgIpc) is 2.90. The van der Waals surface area contributed by atoms with Gasteiger partial charge in [0.1, 0.15) is 5.82 Å². The molecule has 0 radical (unpaired) electrons. The number of hydrogen-bond acceptors (Lipinski definition) is 3. The van der Waals surface area contributed by atoms with Crippen molar-refractivity contribution in [3.05, 3.63) is 36.3 Å². The van der Waals surface area contributed by atoms with Gasteiger partial charge >= 0.3 is 0 Å². The van der Waals surface area contributed by atoms with Gasteiger partial charge in [0.2, 0.25) is 0 Å². The number of likely N-dealkylation sites (N-methyl/N-ethyl adjacent to an activating group) is 1. The number of anilines is 1. The fourth-order valence-corrected chi connectivity index (χ4v) is 2.46. The van der Waals surface area contributed by atoms with Crippen molar-refractivity contribution in [1.82, 2.24) is 10.3 Å². The third-order valence-corrected chi connectivity index (χ3v) is 3.62. The summed E-state index contributed by atoms with van der Waals surface area (Å²) >= 11 is 0. The highest BCUT2D eigenvalue weighted by Gasteiger charge is 2.19. The van der Waals surface area contributed by atoms with Crippen molar-refractivity contribution in [3.63, 3.8) is 0 Å². The zero-order valence-corrected chi connectivity index (χ0v) is 10.4. The molecular weight excluding hydrogens is 229 g/mol. The van der Waals surface area contributed by atoms with E-state index in [9.17, 15) is 4.39 Å². The van der Waals surface area contributed by atoms with E-state index in [1.165, 1.54) is 12.1 Å². The number of benzene rings is 1. The van der Waals surface area contributed by atoms with Gasteiger partial charge < -0.3 is 10.2 Å². The zero-order chi connectivity index (χ0) is 12.5. The highest BCUT2D eigenvalue weighted by molar-refractivity contribution is 5.81. The molecule has 0 amide bonds. The molecule has 1 aliphatic heterocycles. The molecule has 1 aliphatic rings. The van der Waals surface area contributed by atoms with E-state index in [-0.39, 0.29) is 5.82 Å². The Bertz CT molecular complexity index is 564. The van der Waals surface area contributed by atoms with E-state index in [0.29, 0.717) is 6.04 Å². The Morgan fingerprint density at radius 3 is 3.06 bits per heavy atom. The largest absolute Gasteiger partial charge is 0.369 e. The lowest BCUT2D eigenvalue weighted by Gasteiger charge is -2.25. The van der Waals surface area contributed by atoms with Crippen molar-refractivity contribution in [2.24, 2.45) is 0 Å². The number of fused-ring (bicyclic) bond motifs is 1. The van der Waals surface area contributed by atoms with Crippen molar-refractivity contribution < 1.29 is 4.39 Å². The van der Waals surface area contributed by atoms with Gasteiger partial charge in [-0.1, -0.05) is 0 Å². The molecule has 18 heavy (non-hydrogen) atoms. The summed E-state index contributed by atoms with van der Waals surface area (Å²) in [5.41, 5.74) is 1.87. The summed E-state index contributed by atoms with van der Waals surface area (Å²) in [6.07, 6.45) is 3.00. The number of halogens is 1. The Morgan fingerprint density at radius 2 is 2.28 bits per heavy atom. The summed E-state index contributed by atoms with van der Waals surface area (Å²) in [6, 6.07) is 7.19. The molecule has 1 N–H and O–H groups in total. The van der Waals surface area contributed by atoms with E-state index < -0.39 is 0 Å². The summed E-state index contributed by atoms with van der Waals surface area (Å²) in [7, 11) is 2.07. The Hall–Kier alpha value is -1.68. The molecule has 3 nitrogen and oxygen atoms in total. The van der Waals surface area contributed by atoms with E-state index in [4.69, 9.17) is 0 Å². The summed E-state index contributed by atoms with van der Waals surface area (Å²) in [4.78, 5) is 6.61. The number of nitrogens with zero attached hydrogens (tertiary/aromatic N) is 2. The normalized spacial score (nSPS) is 19.3. The van der Waals surface area contributed by atoms with Gasteiger partial charge in [-0.3, -0.25) is 4.98 Å². The first-order valence-corrected chi connectivity index (χ1v) is 6.23. The molecule has 1 saturated heterocycles. The van der Waals surface area contributed by atoms with Gasteiger partial charge in [0, 0.05) is 25.0 Å². The average molecular weight is 245 g/mol. The molecular formula is C14H16FN3. The molecule has 0 spiro atoms. The molecule has 0 saturated carbocycles. The minimum atomic E-state index is -0.216. The third-order valence-electron chi connectivity index (χ3n) is 3.62. The van der Waals surface area contributed by atoms with Gasteiger partial charge in [-0.05, 0) is 37.2 Å². The molecule has 94 valence electrons. The summed E-state index contributed by atoms with van der Waals surface area (Å²) in [6.45, 7) is 2.06. The summed E-state index contributed by atoms with van der Waals surface area (Å²) in [5.74, 6) is -0.216. The second-order valence-electron chi connectivity index (χ2n) is 4.79. The van der Waals surface area contributed by atoms with Crippen molar-refractivity contribution in [2.45, 2.75) is 12.5 Å². The van der Waals surface area contributed by atoms with Crippen molar-refractivity contribution in [1.29, 1.82) is 0 Å². The SMILES string of the molecule is CN(c1cnc2ccc(F)cc2c1)[C@H]1CCNC1. The molecule has 0 unspecified atom stereocenters. The van der Waals surface area contributed by atoms with Crippen LogP contribution < -0.4 is 10.2 Å². The van der Waals surface area contributed by atoms with Gasteiger partial charge in [0.15, 0.2) is 0 Å². The van der Waals surface area contributed by atoms with Crippen LogP contribution in [0.5, 0.6) is 0 Å². The Balaban J connectivity index is 1.96. The Morgan fingerprint density at radius 1 is 1.39 bits per heavy atom. The van der Waals surface area contributed by atoms with Crippen LogP contribution >= 0.6 is 0 Å². The second-order valence-corrected chi connectivity index (χ2v) is 4.79. The van der Waals surface area contributed by atoms with Crippen LogP contribution in [-0.4, -0.2) is 31.2 Å². The topological polar surface area (TPSA) is 28.2 Å². The number of hydrogen-bond donors (Lipinski definition) is 1. The molecule has 4 heteroatoms. The number of nitrogens with one attached hydrogen (secondary N) is 1. The van der Waals surface area contributed by atoms with Crippen molar-refractivity contribution in [3.8, 4) is 0 Å². The van der Waals surface area contributed by atoms with E-state index in [1.807, 2.05) is 12.3 Å². The maximum Gasteiger partial charge on any atom is 0.123 e. The highest BCUT2D eigenvalue weighted by Crippen LogP contribution is 2.22. The Kier molecular flexibility index (Phi) is 2.88. The quantitative estimate of drug-likeness (QED) is 0.879. The van der Waals surface area contributed by atoms with Gasteiger partial charge in [0.25, 0.3) is 0 Å². The Labute approximate surface area is 106 Å². The van der Waals surface area contributed by atoms with Gasteiger partial charge in [0.05, 0.1) is 17.4 Å². The first-order chi connectivity index (χ1) is 8.74. The molecule has 0 bridgehead atoms.